The average Bonchev–Trinajstić information content (AvgIpc) is 2.79. The second kappa shape index (κ2) is 5.81. The number of ketones is 1. The summed E-state index contributed by atoms with van der Waals surface area (Å²) in [7, 11) is 0. The van der Waals surface area contributed by atoms with Crippen molar-refractivity contribution in [1.82, 2.24) is 0 Å². The Morgan fingerprint density at radius 3 is 2.86 bits per heavy atom. The molecule has 0 amide bonds. The van der Waals surface area contributed by atoms with Gasteiger partial charge in [-0.3, -0.25) is 4.79 Å². The van der Waals surface area contributed by atoms with Gasteiger partial charge in [-0.2, -0.15) is 0 Å². The molecule has 1 heterocycles. The molecule has 0 saturated carbocycles. The van der Waals surface area contributed by atoms with Gasteiger partial charge in [0.25, 0.3) is 0 Å². The van der Waals surface area contributed by atoms with Crippen molar-refractivity contribution in [3.8, 4) is 11.5 Å². The van der Waals surface area contributed by atoms with Crippen LogP contribution in [0, 0.1) is 5.82 Å². The summed E-state index contributed by atoms with van der Waals surface area (Å²) < 4.78 is 24.7. The van der Waals surface area contributed by atoms with Crippen molar-refractivity contribution in [2.45, 2.75) is 6.92 Å². The summed E-state index contributed by atoms with van der Waals surface area (Å²) in [6, 6.07) is 9.30. The lowest BCUT2D eigenvalue weighted by molar-refractivity contribution is 0.101. The van der Waals surface area contributed by atoms with E-state index in [9.17, 15) is 9.18 Å². The topological polar surface area (TPSA) is 35.5 Å². The lowest BCUT2D eigenvalue weighted by Gasteiger charge is -2.04. The van der Waals surface area contributed by atoms with Crippen LogP contribution in [0.15, 0.2) is 42.2 Å². The van der Waals surface area contributed by atoms with Crippen LogP contribution in [0.2, 0.25) is 5.02 Å². The second-order valence-corrected chi connectivity index (χ2v) is 5.07. The predicted octanol–water partition coefficient (Wildman–Crippen LogP) is 4.49. The number of ether oxygens (including phenoxy) is 2. The molecule has 0 atom stereocenters. The molecule has 0 radical (unpaired) electrons. The molecule has 0 aromatic heterocycles. The Morgan fingerprint density at radius 2 is 2.14 bits per heavy atom. The molecule has 2 aromatic carbocycles. The highest BCUT2D eigenvalue weighted by atomic mass is 35.5. The van der Waals surface area contributed by atoms with E-state index >= 15 is 0 Å². The van der Waals surface area contributed by atoms with Gasteiger partial charge in [-0.1, -0.05) is 17.7 Å². The molecule has 3 rings (SSSR count). The summed E-state index contributed by atoms with van der Waals surface area (Å²) in [6.45, 7) is 2.38. The van der Waals surface area contributed by atoms with E-state index in [0.717, 1.165) is 0 Å². The van der Waals surface area contributed by atoms with Crippen molar-refractivity contribution in [2.24, 2.45) is 0 Å². The van der Waals surface area contributed by atoms with Crippen LogP contribution in [0.5, 0.6) is 11.5 Å². The van der Waals surface area contributed by atoms with Crippen molar-refractivity contribution in [1.29, 1.82) is 0 Å². The number of halogens is 2. The van der Waals surface area contributed by atoms with Crippen LogP contribution >= 0.6 is 11.6 Å². The Labute approximate surface area is 131 Å². The Kier molecular flexibility index (Phi) is 3.86. The Hall–Kier alpha value is -2.33. The summed E-state index contributed by atoms with van der Waals surface area (Å²) in [4.78, 5) is 12.3. The smallest absolute Gasteiger partial charge is 0.231 e. The van der Waals surface area contributed by atoms with Gasteiger partial charge in [0.05, 0.1) is 17.2 Å². The van der Waals surface area contributed by atoms with E-state index in [2.05, 4.69) is 0 Å². The van der Waals surface area contributed by atoms with E-state index in [1.807, 2.05) is 6.92 Å². The van der Waals surface area contributed by atoms with Crippen LogP contribution < -0.4 is 9.47 Å². The van der Waals surface area contributed by atoms with Crippen molar-refractivity contribution in [3.05, 3.63) is 64.1 Å². The van der Waals surface area contributed by atoms with E-state index in [4.69, 9.17) is 21.1 Å². The summed E-state index contributed by atoms with van der Waals surface area (Å²) in [5, 5.41) is 0.217. The zero-order valence-electron chi connectivity index (χ0n) is 11.7. The van der Waals surface area contributed by atoms with Gasteiger partial charge in [-0.05, 0) is 37.3 Å². The third-order valence-electron chi connectivity index (χ3n) is 3.23. The number of carbonyl (C=O) groups is 1. The molecular weight excluding hydrogens is 307 g/mol. The molecule has 0 N–H and O–H groups in total. The molecule has 2 aromatic rings. The van der Waals surface area contributed by atoms with E-state index in [1.54, 1.807) is 24.3 Å². The SMILES string of the molecule is CCOc1ccc2c(c1)O/C(=C\c1c(F)cccc1Cl)C2=O. The molecule has 0 saturated heterocycles. The van der Waals surface area contributed by atoms with Crippen molar-refractivity contribution in [3.63, 3.8) is 0 Å². The summed E-state index contributed by atoms with van der Waals surface area (Å²) in [5.74, 6) is 0.226. The van der Waals surface area contributed by atoms with Gasteiger partial charge in [0.15, 0.2) is 5.76 Å². The first kappa shape index (κ1) is 14.6. The van der Waals surface area contributed by atoms with E-state index in [-0.39, 0.29) is 22.1 Å². The van der Waals surface area contributed by atoms with Crippen LogP contribution in [0.25, 0.3) is 6.08 Å². The number of allylic oxidation sites excluding steroid dienone is 1. The van der Waals surface area contributed by atoms with E-state index in [0.29, 0.717) is 23.7 Å². The number of hydrogen-bond donors (Lipinski definition) is 0. The molecule has 1 aliphatic rings. The Morgan fingerprint density at radius 1 is 1.32 bits per heavy atom. The molecule has 1 aliphatic heterocycles. The summed E-state index contributed by atoms with van der Waals surface area (Å²) in [5.41, 5.74) is 0.549. The number of fused-ring (bicyclic) bond motifs is 1. The van der Waals surface area contributed by atoms with Gasteiger partial charge in [0.2, 0.25) is 5.78 Å². The third-order valence-corrected chi connectivity index (χ3v) is 3.56. The Balaban J connectivity index is 1.98. The second-order valence-electron chi connectivity index (χ2n) is 4.67. The minimum Gasteiger partial charge on any atom is -0.494 e. The average molecular weight is 319 g/mol. The molecular formula is C17H12ClFO3. The van der Waals surface area contributed by atoms with E-state index < -0.39 is 5.82 Å². The highest BCUT2D eigenvalue weighted by Crippen LogP contribution is 2.35. The highest BCUT2D eigenvalue weighted by molar-refractivity contribution is 6.32. The number of benzene rings is 2. The van der Waals surface area contributed by atoms with Gasteiger partial charge in [-0.15, -0.1) is 0 Å². The van der Waals surface area contributed by atoms with Crippen LogP contribution in [-0.2, 0) is 0 Å². The normalized spacial score (nSPS) is 14.9. The minimum absolute atomic E-state index is 0.0376. The van der Waals surface area contributed by atoms with Gasteiger partial charge in [-0.25, -0.2) is 4.39 Å². The third kappa shape index (κ3) is 2.57. The number of hydrogen-bond acceptors (Lipinski definition) is 3. The fourth-order valence-electron chi connectivity index (χ4n) is 2.20. The standard InChI is InChI=1S/C17H12ClFO3/c1-2-21-10-6-7-11-15(8-10)22-16(17(11)20)9-12-13(18)4-3-5-14(12)19/h3-9H,2H2,1H3/b16-9-. The monoisotopic (exact) mass is 318 g/mol. The van der Waals surface area contributed by atoms with Gasteiger partial charge < -0.3 is 9.47 Å². The summed E-state index contributed by atoms with van der Waals surface area (Å²) in [6.07, 6.45) is 1.32. The van der Waals surface area contributed by atoms with Crippen molar-refractivity contribution in [2.75, 3.05) is 6.61 Å². The maximum Gasteiger partial charge on any atom is 0.231 e. The van der Waals surface area contributed by atoms with Gasteiger partial charge in [0.1, 0.15) is 17.3 Å². The van der Waals surface area contributed by atoms with Gasteiger partial charge >= 0.3 is 0 Å². The molecule has 3 nitrogen and oxygen atoms in total. The molecule has 0 bridgehead atoms. The molecule has 0 fully saturated rings. The first-order valence-electron chi connectivity index (χ1n) is 6.75. The zero-order valence-corrected chi connectivity index (χ0v) is 12.5. The van der Waals surface area contributed by atoms with Crippen LogP contribution in [0.4, 0.5) is 4.39 Å². The molecule has 0 aliphatic carbocycles. The van der Waals surface area contributed by atoms with Crippen molar-refractivity contribution >= 4 is 23.5 Å². The van der Waals surface area contributed by atoms with Crippen LogP contribution in [0.3, 0.4) is 0 Å². The first-order chi connectivity index (χ1) is 10.6. The molecule has 0 unspecified atom stereocenters. The maximum absolute atomic E-state index is 13.8. The lowest BCUT2D eigenvalue weighted by atomic mass is 10.1. The van der Waals surface area contributed by atoms with Gasteiger partial charge in [0, 0.05) is 11.6 Å². The summed E-state index contributed by atoms with van der Waals surface area (Å²) >= 11 is 5.96. The van der Waals surface area contributed by atoms with Crippen LogP contribution in [-0.4, -0.2) is 12.4 Å². The van der Waals surface area contributed by atoms with E-state index in [1.165, 1.54) is 18.2 Å². The molecule has 112 valence electrons. The predicted molar refractivity (Wildman–Crippen MR) is 82.0 cm³/mol. The highest BCUT2D eigenvalue weighted by Gasteiger charge is 2.28. The number of rotatable bonds is 3. The van der Waals surface area contributed by atoms with Crippen LogP contribution in [0.1, 0.15) is 22.8 Å². The fourth-order valence-corrected chi connectivity index (χ4v) is 2.42. The minimum atomic E-state index is -0.512. The number of carbonyl (C=O) groups excluding carboxylic acids is 1. The fraction of sp³-hybridized carbons (Fsp3) is 0.118. The molecule has 0 spiro atoms. The van der Waals surface area contributed by atoms with Crippen molar-refractivity contribution < 1.29 is 18.7 Å². The maximum atomic E-state index is 13.8. The lowest BCUT2D eigenvalue weighted by Crippen LogP contribution is -1.99. The molecule has 22 heavy (non-hydrogen) atoms. The Bertz CT molecular complexity index is 763. The quantitative estimate of drug-likeness (QED) is 0.782. The largest absolute Gasteiger partial charge is 0.494 e. The first-order valence-corrected chi connectivity index (χ1v) is 7.13. The molecule has 5 heteroatoms. The number of Topliss-reactive ketones (excluding diaryl/α,β-unsaturated/α-hetero) is 1. The zero-order chi connectivity index (χ0) is 15.7.